The summed E-state index contributed by atoms with van der Waals surface area (Å²) in [7, 11) is 2.88. The van der Waals surface area contributed by atoms with Crippen molar-refractivity contribution in [3.63, 3.8) is 0 Å². The summed E-state index contributed by atoms with van der Waals surface area (Å²) in [6.07, 6.45) is 1.37. The van der Waals surface area contributed by atoms with Gasteiger partial charge in [-0.25, -0.2) is 13.6 Å². The third-order valence-electron chi connectivity index (χ3n) is 8.09. The number of hydrogen-bond acceptors (Lipinski definition) is 11. The molecule has 3 aliphatic heterocycles. The van der Waals surface area contributed by atoms with E-state index in [1.807, 2.05) is 6.92 Å². The quantitative estimate of drug-likeness (QED) is 0.247. The number of pyridine rings is 1. The van der Waals surface area contributed by atoms with E-state index in [9.17, 15) is 28.0 Å². The number of methoxy groups -OCH3 is 2. The van der Waals surface area contributed by atoms with Crippen LogP contribution in [0.5, 0.6) is 5.75 Å². The van der Waals surface area contributed by atoms with Gasteiger partial charge in [0.15, 0.2) is 11.3 Å². The number of rotatable bonds is 9. The Bertz CT molecular complexity index is 1590. The lowest BCUT2D eigenvalue weighted by molar-refractivity contribution is -0.0658. The van der Waals surface area contributed by atoms with Gasteiger partial charge in [-0.2, -0.15) is 0 Å². The van der Waals surface area contributed by atoms with E-state index in [1.54, 1.807) is 4.90 Å². The topological polar surface area (TPSA) is 156 Å². The van der Waals surface area contributed by atoms with E-state index in [4.69, 9.17) is 28.5 Å². The molecule has 0 unspecified atom stereocenters. The molecule has 3 aliphatic rings. The first-order valence-electron chi connectivity index (χ1n) is 14.1. The maximum atomic E-state index is 14.2. The molecule has 0 radical (unpaired) electrons. The first kappa shape index (κ1) is 31.7. The Morgan fingerprint density at radius 3 is 2.71 bits per heavy atom. The number of benzene rings is 1. The second-order valence-corrected chi connectivity index (χ2v) is 10.8. The molecule has 1 saturated heterocycles. The summed E-state index contributed by atoms with van der Waals surface area (Å²) in [5.41, 5.74) is -2.63. The van der Waals surface area contributed by atoms with Gasteiger partial charge in [0.25, 0.3) is 11.8 Å². The number of carbonyl (C=O) groups excluding carboxylic acids is 3. The molecule has 2 aromatic rings. The van der Waals surface area contributed by atoms with Gasteiger partial charge in [0, 0.05) is 45.5 Å². The Balaban J connectivity index is 0.00000480. The van der Waals surface area contributed by atoms with Crippen LogP contribution in [-0.2, 0) is 30.3 Å². The van der Waals surface area contributed by atoms with Crippen LogP contribution in [0.2, 0.25) is 0 Å². The Labute approximate surface area is 257 Å². The predicted molar refractivity (Wildman–Crippen MR) is 152 cm³/mol. The summed E-state index contributed by atoms with van der Waals surface area (Å²) in [4.78, 5) is 60.6. The van der Waals surface area contributed by atoms with Crippen molar-refractivity contribution in [2.24, 2.45) is 5.16 Å². The number of hydrogen-bond donors (Lipinski definition) is 1. The lowest BCUT2D eigenvalue weighted by Crippen LogP contribution is -2.52. The summed E-state index contributed by atoms with van der Waals surface area (Å²) in [5, 5.41) is 6.53. The van der Waals surface area contributed by atoms with E-state index in [-0.39, 0.29) is 51.4 Å². The van der Waals surface area contributed by atoms with Crippen LogP contribution in [-0.4, -0.2) is 85.7 Å². The first-order chi connectivity index (χ1) is 21.6. The molecule has 14 nitrogen and oxygen atoms in total. The largest absolute Gasteiger partial charge is 0.511 e. The van der Waals surface area contributed by atoms with Crippen LogP contribution >= 0.6 is 0 Å². The Morgan fingerprint density at radius 1 is 1.20 bits per heavy atom. The molecule has 3 atom stereocenters. The number of amides is 2. The molecule has 1 fully saturated rings. The molecule has 4 heterocycles. The van der Waals surface area contributed by atoms with Crippen LogP contribution in [0.3, 0.4) is 0 Å². The van der Waals surface area contributed by atoms with Crippen LogP contribution < -0.4 is 15.5 Å². The number of aromatic nitrogens is 1. The second kappa shape index (κ2) is 13.1. The molecule has 0 saturated carbocycles. The van der Waals surface area contributed by atoms with Gasteiger partial charge in [-0.3, -0.25) is 14.4 Å². The number of halogens is 2. The molecule has 244 valence electrons. The molecular weight excluding hydrogens is 602 g/mol. The van der Waals surface area contributed by atoms with Crippen LogP contribution in [0.15, 0.2) is 34.3 Å². The van der Waals surface area contributed by atoms with Gasteiger partial charge < -0.3 is 43.3 Å². The van der Waals surface area contributed by atoms with Crippen LogP contribution in [0.1, 0.15) is 60.1 Å². The van der Waals surface area contributed by atoms with Crippen LogP contribution in [0.4, 0.5) is 13.6 Å². The minimum atomic E-state index is -1.11. The highest BCUT2D eigenvalue weighted by atomic mass is 19.1. The smallest absolute Gasteiger partial charge is 0.482 e. The second-order valence-electron chi connectivity index (χ2n) is 10.8. The fourth-order valence-corrected chi connectivity index (χ4v) is 5.63. The Hall–Kier alpha value is -4.73. The fraction of sp³-hybridized carbons (Fsp3) is 0.483. The summed E-state index contributed by atoms with van der Waals surface area (Å²) < 4.78 is 54.5. The lowest BCUT2D eigenvalue weighted by atomic mass is 9.85. The van der Waals surface area contributed by atoms with Crippen molar-refractivity contribution >= 4 is 23.9 Å². The van der Waals surface area contributed by atoms with Crippen molar-refractivity contribution in [2.45, 2.75) is 50.4 Å². The first-order valence-corrected chi connectivity index (χ1v) is 14.1. The molecule has 1 N–H and O–H groups in total. The molecule has 2 amide bonds. The fourth-order valence-electron chi connectivity index (χ4n) is 5.63. The van der Waals surface area contributed by atoms with Crippen molar-refractivity contribution < 1.29 is 53.1 Å². The average Bonchev–Trinajstić information content (AvgIpc) is 3.39. The van der Waals surface area contributed by atoms with Crippen molar-refractivity contribution in [1.29, 1.82) is 0 Å². The van der Waals surface area contributed by atoms with E-state index in [0.717, 1.165) is 12.1 Å². The highest BCUT2D eigenvalue weighted by molar-refractivity contribution is 5.99. The van der Waals surface area contributed by atoms with Gasteiger partial charge >= 0.3 is 6.16 Å². The SMILES string of the molecule is COCCOC(=O)OCOc1c2n(cc(C(=O)NCc3ccc(F)cc3F)c1=O)[C@@H]1CN(C2=O)[C@@H](C)CC[C@]12CC(OC)=NO2.[HH]. The highest BCUT2D eigenvalue weighted by Crippen LogP contribution is 2.46. The maximum absolute atomic E-state index is 14.2. The van der Waals surface area contributed by atoms with Crippen molar-refractivity contribution in [3.05, 3.63) is 63.1 Å². The van der Waals surface area contributed by atoms with Crippen molar-refractivity contribution in [1.82, 2.24) is 14.8 Å². The molecule has 1 aromatic carbocycles. The summed E-state index contributed by atoms with van der Waals surface area (Å²) in [5.74, 6) is -3.35. The Kier molecular flexibility index (Phi) is 9.22. The third-order valence-corrected chi connectivity index (χ3v) is 8.09. The lowest BCUT2D eigenvalue weighted by Gasteiger charge is -2.42. The summed E-state index contributed by atoms with van der Waals surface area (Å²) in [6, 6.07) is 1.95. The number of carbonyl (C=O) groups is 3. The van der Waals surface area contributed by atoms with Crippen molar-refractivity contribution in [3.8, 4) is 5.75 Å². The molecule has 45 heavy (non-hydrogen) atoms. The number of oxime groups is 1. The van der Waals surface area contributed by atoms with E-state index in [2.05, 4.69) is 10.5 Å². The number of fused-ring (bicyclic) bond motifs is 5. The molecule has 1 aromatic heterocycles. The van der Waals surface area contributed by atoms with E-state index in [1.165, 1.54) is 25.0 Å². The van der Waals surface area contributed by atoms with E-state index in [0.29, 0.717) is 24.8 Å². The number of nitrogens with one attached hydrogen (secondary N) is 1. The van der Waals surface area contributed by atoms with Crippen LogP contribution in [0, 0.1) is 11.6 Å². The minimum Gasteiger partial charge on any atom is -0.482 e. The Morgan fingerprint density at radius 2 is 2.00 bits per heavy atom. The molecule has 0 aliphatic carbocycles. The van der Waals surface area contributed by atoms with Gasteiger partial charge in [-0.05, 0) is 25.8 Å². The van der Waals surface area contributed by atoms with Crippen LogP contribution in [0.25, 0.3) is 0 Å². The molecule has 1 spiro atoms. The van der Waals surface area contributed by atoms with Gasteiger partial charge in [0.1, 0.15) is 23.8 Å². The monoisotopic (exact) mass is 636 g/mol. The highest BCUT2D eigenvalue weighted by Gasteiger charge is 2.55. The predicted octanol–water partition coefficient (Wildman–Crippen LogP) is 2.74. The van der Waals surface area contributed by atoms with E-state index >= 15 is 0 Å². The zero-order valence-corrected chi connectivity index (χ0v) is 24.8. The third kappa shape index (κ3) is 6.27. The van der Waals surface area contributed by atoms with Crippen molar-refractivity contribution in [2.75, 3.05) is 40.8 Å². The normalized spacial score (nSPS) is 21.8. The standard InChI is InChI=1S/C29H32F2N4O10.H2/c1-16-6-7-29(11-22(41-3)33-45-29)21-14-34(16)27(38)23-25(43-15-44-28(39)42-9-8-40-2)24(36)19(13-35(21)23)26(37)32-12-17-4-5-18(30)10-20(17)31;/h4-5,10,13,16,21H,6-9,11-12,14-15H2,1-3H3,(H,32,37);1H/t16-,21+,29-;/m0./s1. The number of ether oxygens (including phenoxy) is 5. The summed E-state index contributed by atoms with van der Waals surface area (Å²) in [6.45, 7) is 0.845. The maximum Gasteiger partial charge on any atom is 0.511 e. The molecule has 2 bridgehead atoms. The zero-order valence-electron chi connectivity index (χ0n) is 24.8. The molecular formula is C29H34F2N4O10. The number of nitrogens with zero attached hydrogens (tertiary/aromatic N) is 3. The zero-order chi connectivity index (χ0) is 32.3. The van der Waals surface area contributed by atoms with E-state index < -0.39 is 64.8 Å². The molecule has 16 heteroatoms. The molecule has 5 rings (SSSR count). The summed E-state index contributed by atoms with van der Waals surface area (Å²) >= 11 is 0. The van der Waals surface area contributed by atoms with Gasteiger partial charge in [-0.1, -0.05) is 11.2 Å². The van der Waals surface area contributed by atoms with Gasteiger partial charge in [0.2, 0.25) is 23.9 Å². The minimum absolute atomic E-state index is 0. The van der Waals surface area contributed by atoms with Gasteiger partial charge in [-0.15, -0.1) is 0 Å². The van der Waals surface area contributed by atoms with Gasteiger partial charge in [0.05, 0.1) is 26.2 Å². The average molecular weight is 637 g/mol.